The summed E-state index contributed by atoms with van der Waals surface area (Å²) in [5.41, 5.74) is 3.31. The highest BCUT2D eigenvalue weighted by Crippen LogP contribution is 2.21. The third kappa shape index (κ3) is 2.68. The van der Waals surface area contributed by atoms with Gasteiger partial charge in [-0.15, -0.1) is 0 Å². The Kier molecular flexibility index (Phi) is 4.73. The second-order valence-corrected chi connectivity index (χ2v) is 4.12. The van der Waals surface area contributed by atoms with Crippen molar-refractivity contribution in [1.29, 1.82) is 0 Å². The first-order chi connectivity index (χ1) is 8.06. The molecule has 1 atom stereocenters. The lowest BCUT2D eigenvalue weighted by molar-refractivity contribution is -0.147. The highest BCUT2D eigenvalue weighted by molar-refractivity contribution is 5.74. The number of rotatable bonds is 5. The molecule has 0 saturated carbocycles. The lowest BCUT2D eigenvalue weighted by Gasteiger charge is -2.16. The van der Waals surface area contributed by atoms with Gasteiger partial charge >= 0.3 is 5.97 Å². The maximum Gasteiger partial charge on any atom is 0.330 e. The number of hydrogen-bond acceptors (Lipinski definition) is 3. The van der Waals surface area contributed by atoms with Crippen molar-refractivity contribution < 1.29 is 9.53 Å². The van der Waals surface area contributed by atoms with Crippen molar-refractivity contribution in [2.24, 2.45) is 0 Å². The molecule has 17 heavy (non-hydrogen) atoms. The number of ether oxygens (including phenoxy) is 1. The molecule has 1 rings (SSSR count). The Morgan fingerprint density at radius 1 is 1.35 bits per heavy atom. The Labute approximate surface area is 103 Å². The fourth-order valence-electron chi connectivity index (χ4n) is 2.19. The molecule has 0 aliphatic heterocycles. The quantitative estimate of drug-likeness (QED) is 0.740. The predicted molar refractivity (Wildman–Crippen MR) is 67.0 cm³/mol. The number of carbonyl (C=O) groups excluding carboxylic acids is 1. The second-order valence-electron chi connectivity index (χ2n) is 4.12. The fourth-order valence-corrected chi connectivity index (χ4v) is 2.19. The molecule has 4 nitrogen and oxygen atoms in total. The van der Waals surface area contributed by atoms with Crippen LogP contribution in [0.15, 0.2) is 0 Å². The van der Waals surface area contributed by atoms with Crippen molar-refractivity contribution in [3.63, 3.8) is 0 Å². The summed E-state index contributed by atoms with van der Waals surface area (Å²) in [6, 6.07) is -0.297. The molecule has 0 saturated heterocycles. The number of aryl methyl sites for hydroxylation is 1. The van der Waals surface area contributed by atoms with Crippen molar-refractivity contribution in [2.75, 3.05) is 6.61 Å². The van der Waals surface area contributed by atoms with Crippen LogP contribution in [0.1, 0.15) is 50.2 Å². The first kappa shape index (κ1) is 13.7. The van der Waals surface area contributed by atoms with E-state index in [0.717, 1.165) is 17.8 Å². The minimum Gasteiger partial charge on any atom is -0.464 e. The molecular weight excluding hydrogens is 216 g/mol. The van der Waals surface area contributed by atoms with Crippen molar-refractivity contribution >= 4 is 5.97 Å². The smallest absolute Gasteiger partial charge is 0.330 e. The molecule has 0 aliphatic carbocycles. The summed E-state index contributed by atoms with van der Waals surface area (Å²) in [4.78, 5) is 11.9. The van der Waals surface area contributed by atoms with Gasteiger partial charge in [0.2, 0.25) is 0 Å². The molecule has 96 valence electrons. The average molecular weight is 238 g/mol. The molecule has 1 heterocycles. The molecule has 1 aromatic heterocycles. The van der Waals surface area contributed by atoms with Crippen molar-refractivity contribution in [2.45, 2.75) is 53.5 Å². The molecule has 0 spiro atoms. The Balaban J connectivity index is 3.08. The van der Waals surface area contributed by atoms with Gasteiger partial charge in [-0.1, -0.05) is 13.8 Å². The van der Waals surface area contributed by atoms with Crippen LogP contribution in [0.25, 0.3) is 0 Å². The number of aromatic nitrogens is 2. The molecule has 1 unspecified atom stereocenters. The van der Waals surface area contributed by atoms with Gasteiger partial charge in [0, 0.05) is 5.69 Å². The van der Waals surface area contributed by atoms with Crippen molar-refractivity contribution in [1.82, 2.24) is 9.78 Å². The molecular formula is C13H22N2O2. The van der Waals surface area contributed by atoms with E-state index in [9.17, 15) is 4.79 Å². The van der Waals surface area contributed by atoms with E-state index in [-0.39, 0.29) is 12.0 Å². The van der Waals surface area contributed by atoms with Gasteiger partial charge in [-0.3, -0.25) is 4.68 Å². The normalized spacial score (nSPS) is 12.5. The molecule has 1 aromatic rings. The van der Waals surface area contributed by atoms with Crippen molar-refractivity contribution in [3.05, 3.63) is 17.0 Å². The van der Waals surface area contributed by atoms with Crippen LogP contribution in [0.5, 0.6) is 0 Å². The highest BCUT2D eigenvalue weighted by atomic mass is 16.5. The lowest BCUT2D eigenvalue weighted by atomic mass is 10.1. The highest BCUT2D eigenvalue weighted by Gasteiger charge is 2.24. The van der Waals surface area contributed by atoms with Crippen LogP contribution in [-0.4, -0.2) is 22.4 Å². The zero-order chi connectivity index (χ0) is 13.0. The van der Waals surface area contributed by atoms with E-state index in [0.29, 0.717) is 13.0 Å². The molecule has 0 radical (unpaired) electrons. The Bertz CT molecular complexity index is 396. The predicted octanol–water partition coefficient (Wildman–Crippen LogP) is 2.58. The Morgan fingerprint density at radius 3 is 2.41 bits per heavy atom. The van der Waals surface area contributed by atoms with E-state index in [1.54, 1.807) is 0 Å². The van der Waals surface area contributed by atoms with Crippen LogP contribution in [0.2, 0.25) is 0 Å². The van der Waals surface area contributed by atoms with Gasteiger partial charge in [0.05, 0.1) is 12.3 Å². The van der Waals surface area contributed by atoms with E-state index < -0.39 is 0 Å². The third-order valence-electron chi connectivity index (χ3n) is 3.07. The van der Waals surface area contributed by atoms with E-state index in [1.165, 1.54) is 5.56 Å². The zero-order valence-corrected chi connectivity index (χ0v) is 11.4. The monoisotopic (exact) mass is 238 g/mol. The summed E-state index contributed by atoms with van der Waals surface area (Å²) in [5.74, 6) is -0.191. The molecule has 0 fully saturated rings. The topological polar surface area (TPSA) is 44.1 Å². The number of esters is 1. The second kappa shape index (κ2) is 5.84. The van der Waals surface area contributed by atoms with Crippen LogP contribution in [0.4, 0.5) is 0 Å². The molecule has 0 aromatic carbocycles. The van der Waals surface area contributed by atoms with Crippen LogP contribution in [0, 0.1) is 13.8 Å². The minimum atomic E-state index is -0.297. The Morgan fingerprint density at radius 2 is 2.00 bits per heavy atom. The van der Waals surface area contributed by atoms with E-state index in [1.807, 2.05) is 32.4 Å². The average Bonchev–Trinajstić information content (AvgIpc) is 2.56. The van der Waals surface area contributed by atoms with Crippen LogP contribution < -0.4 is 0 Å². The van der Waals surface area contributed by atoms with E-state index in [4.69, 9.17) is 4.74 Å². The maximum absolute atomic E-state index is 11.9. The largest absolute Gasteiger partial charge is 0.464 e. The fraction of sp³-hybridized carbons (Fsp3) is 0.692. The first-order valence-electron chi connectivity index (χ1n) is 6.27. The molecule has 0 bridgehead atoms. The maximum atomic E-state index is 11.9. The summed E-state index contributed by atoms with van der Waals surface area (Å²) in [5, 5.41) is 4.47. The van der Waals surface area contributed by atoms with Gasteiger partial charge in [0.25, 0.3) is 0 Å². The number of nitrogens with zero attached hydrogens (tertiary/aromatic N) is 2. The summed E-state index contributed by atoms with van der Waals surface area (Å²) >= 11 is 0. The molecule has 0 aliphatic rings. The minimum absolute atomic E-state index is 0.191. The van der Waals surface area contributed by atoms with Gasteiger partial charge in [-0.25, -0.2) is 4.79 Å². The molecule has 4 heteroatoms. The van der Waals surface area contributed by atoms with Crippen molar-refractivity contribution in [3.8, 4) is 0 Å². The summed E-state index contributed by atoms with van der Waals surface area (Å²) < 4.78 is 6.90. The van der Waals surface area contributed by atoms with Gasteiger partial charge in [-0.05, 0) is 39.2 Å². The standard InChI is InChI=1S/C13H22N2O2/c1-6-11-9(4)14-15(10(11)5)12(7-2)13(16)17-8-3/h12H,6-8H2,1-5H3. The van der Waals surface area contributed by atoms with Crippen LogP contribution in [0.3, 0.4) is 0 Å². The summed E-state index contributed by atoms with van der Waals surface area (Å²) in [6.45, 7) is 10.3. The van der Waals surface area contributed by atoms with Gasteiger partial charge in [-0.2, -0.15) is 5.10 Å². The Hall–Kier alpha value is -1.32. The lowest BCUT2D eigenvalue weighted by Crippen LogP contribution is -2.23. The summed E-state index contributed by atoms with van der Waals surface area (Å²) in [7, 11) is 0. The van der Waals surface area contributed by atoms with Crippen LogP contribution in [-0.2, 0) is 16.0 Å². The zero-order valence-electron chi connectivity index (χ0n) is 11.4. The number of hydrogen-bond donors (Lipinski definition) is 0. The number of carbonyl (C=O) groups is 1. The third-order valence-corrected chi connectivity index (χ3v) is 3.07. The summed E-state index contributed by atoms with van der Waals surface area (Å²) in [6.07, 6.45) is 1.64. The van der Waals surface area contributed by atoms with Gasteiger partial charge < -0.3 is 4.74 Å². The first-order valence-corrected chi connectivity index (χ1v) is 6.27. The van der Waals surface area contributed by atoms with E-state index in [2.05, 4.69) is 12.0 Å². The van der Waals surface area contributed by atoms with Gasteiger partial charge in [0.1, 0.15) is 6.04 Å². The SMILES string of the molecule is CCOC(=O)C(CC)n1nc(C)c(CC)c1C. The van der Waals surface area contributed by atoms with E-state index >= 15 is 0 Å². The van der Waals surface area contributed by atoms with Gasteiger partial charge in [0.15, 0.2) is 0 Å². The molecule has 0 amide bonds. The molecule has 0 N–H and O–H groups in total. The van der Waals surface area contributed by atoms with Crippen LogP contribution >= 0.6 is 0 Å².